The van der Waals surface area contributed by atoms with Gasteiger partial charge in [0.1, 0.15) is 5.15 Å². The molecule has 7 nitrogen and oxygen atoms in total. The summed E-state index contributed by atoms with van der Waals surface area (Å²) >= 11 is 5.57. The van der Waals surface area contributed by atoms with Gasteiger partial charge in [-0.3, -0.25) is 10.1 Å². The third-order valence-corrected chi connectivity index (χ3v) is 2.19. The second-order valence-electron chi connectivity index (χ2n) is 4.12. The van der Waals surface area contributed by atoms with Crippen LogP contribution in [0.5, 0.6) is 0 Å². The quantitative estimate of drug-likeness (QED) is 0.641. The summed E-state index contributed by atoms with van der Waals surface area (Å²) in [5.41, 5.74) is 0.161. The van der Waals surface area contributed by atoms with Gasteiger partial charge in [0.05, 0.1) is 5.56 Å². The van der Waals surface area contributed by atoms with E-state index in [0.717, 1.165) is 0 Å². The molecule has 20 heavy (non-hydrogen) atoms. The van der Waals surface area contributed by atoms with Crippen LogP contribution in [0.3, 0.4) is 0 Å². The molecule has 0 aromatic carbocycles. The Morgan fingerprint density at radius 3 is 2.60 bits per heavy atom. The van der Waals surface area contributed by atoms with E-state index >= 15 is 0 Å². The number of aromatic nitrogens is 1. The zero-order valence-corrected chi connectivity index (χ0v) is 11.7. The van der Waals surface area contributed by atoms with E-state index < -0.39 is 24.5 Å². The molecule has 0 bridgehead atoms. The highest BCUT2D eigenvalue weighted by molar-refractivity contribution is 6.29. The third kappa shape index (κ3) is 5.66. The van der Waals surface area contributed by atoms with Crippen molar-refractivity contribution < 1.29 is 19.1 Å². The second-order valence-corrected chi connectivity index (χ2v) is 4.51. The Hall–Kier alpha value is -2.15. The molecule has 0 saturated heterocycles. The Morgan fingerprint density at radius 2 is 2.05 bits per heavy atom. The molecule has 0 unspecified atom stereocenters. The number of carbonyl (C=O) groups excluding carboxylic acids is 3. The Kier molecular flexibility index (Phi) is 5.92. The van der Waals surface area contributed by atoms with Crippen molar-refractivity contribution in [3.63, 3.8) is 0 Å². The summed E-state index contributed by atoms with van der Waals surface area (Å²) in [6, 6.07) is 2.09. The Labute approximate surface area is 120 Å². The van der Waals surface area contributed by atoms with E-state index in [0.29, 0.717) is 0 Å². The van der Waals surface area contributed by atoms with Gasteiger partial charge < -0.3 is 10.1 Å². The number of urea groups is 1. The molecule has 0 aliphatic heterocycles. The second kappa shape index (κ2) is 7.44. The standard InChI is InChI=1S/C12H14ClN3O4/c1-7(2)15-12(19)16-10(17)6-20-11(18)8-3-4-9(13)14-5-8/h3-5,7H,6H2,1-2H3,(H2,15,16,17,19). The molecule has 0 saturated carbocycles. The molecule has 1 aromatic rings. The minimum atomic E-state index is -0.728. The van der Waals surface area contributed by atoms with Crippen LogP contribution in [0.2, 0.25) is 5.15 Å². The maximum atomic E-state index is 11.5. The summed E-state index contributed by atoms with van der Waals surface area (Å²) < 4.78 is 4.72. The van der Waals surface area contributed by atoms with Crippen LogP contribution in [-0.4, -0.2) is 35.5 Å². The van der Waals surface area contributed by atoms with Crippen molar-refractivity contribution in [2.45, 2.75) is 19.9 Å². The predicted molar refractivity (Wildman–Crippen MR) is 71.3 cm³/mol. The maximum absolute atomic E-state index is 11.5. The van der Waals surface area contributed by atoms with Gasteiger partial charge in [-0.05, 0) is 26.0 Å². The highest BCUT2D eigenvalue weighted by Gasteiger charge is 2.13. The van der Waals surface area contributed by atoms with Crippen molar-refractivity contribution in [3.05, 3.63) is 29.0 Å². The lowest BCUT2D eigenvalue weighted by Gasteiger charge is -2.09. The topological polar surface area (TPSA) is 97.4 Å². The molecule has 3 amide bonds. The van der Waals surface area contributed by atoms with E-state index in [1.165, 1.54) is 18.3 Å². The first-order valence-corrected chi connectivity index (χ1v) is 6.15. The third-order valence-electron chi connectivity index (χ3n) is 1.97. The first kappa shape index (κ1) is 15.9. The molecule has 0 atom stereocenters. The lowest BCUT2D eigenvalue weighted by Crippen LogP contribution is -2.44. The van der Waals surface area contributed by atoms with E-state index in [1.54, 1.807) is 13.8 Å². The van der Waals surface area contributed by atoms with Crippen molar-refractivity contribution in [1.29, 1.82) is 0 Å². The van der Waals surface area contributed by atoms with Gasteiger partial charge in [-0.25, -0.2) is 14.6 Å². The number of hydrogen-bond acceptors (Lipinski definition) is 5. The number of imide groups is 1. The number of esters is 1. The zero-order valence-electron chi connectivity index (χ0n) is 11.0. The number of pyridine rings is 1. The fraction of sp³-hybridized carbons (Fsp3) is 0.333. The number of carbonyl (C=O) groups is 3. The van der Waals surface area contributed by atoms with Gasteiger partial charge in [0.15, 0.2) is 6.61 Å². The maximum Gasteiger partial charge on any atom is 0.340 e. The summed E-state index contributed by atoms with van der Waals surface area (Å²) in [5.74, 6) is -1.45. The molecule has 0 radical (unpaired) electrons. The number of amides is 3. The van der Waals surface area contributed by atoms with Crippen LogP contribution in [0, 0.1) is 0 Å². The van der Waals surface area contributed by atoms with Crippen LogP contribution in [0.4, 0.5) is 4.79 Å². The molecule has 0 spiro atoms. The van der Waals surface area contributed by atoms with Gasteiger partial charge in [0, 0.05) is 12.2 Å². The fourth-order valence-electron chi connectivity index (χ4n) is 1.17. The van der Waals surface area contributed by atoms with Crippen LogP contribution >= 0.6 is 11.6 Å². The molecule has 0 fully saturated rings. The van der Waals surface area contributed by atoms with Gasteiger partial charge in [-0.2, -0.15) is 0 Å². The lowest BCUT2D eigenvalue weighted by molar-refractivity contribution is -0.123. The molecular formula is C12H14ClN3O4. The summed E-state index contributed by atoms with van der Waals surface area (Å²) in [5, 5.41) is 4.73. The van der Waals surface area contributed by atoms with E-state index in [1.807, 2.05) is 5.32 Å². The van der Waals surface area contributed by atoms with Crippen LogP contribution in [-0.2, 0) is 9.53 Å². The van der Waals surface area contributed by atoms with Gasteiger partial charge in [-0.15, -0.1) is 0 Å². The van der Waals surface area contributed by atoms with Crippen LogP contribution in [0.1, 0.15) is 24.2 Å². The molecule has 1 aromatic heterocycles. The lowest BCUT2D eigenvalue weighted by atomic mass is 10.3. The SMILES string of the molecule is CC(C)NC(=O)NC(=O)COC(=O)c1ccc(Cl)nc1. The summed E-state index contributed by atoms with van der Waals surface area (Å²) in [6.07, 6.45) is 1.23. The van der Waals surface area contributed by atoms with Gasteiger partial charge >= 0.3 is 12.0 Å². The van der Waals surface area contributed by atoms with Gasteiger partial charge in [0.25, 0.3) is 5.91 Å². The van der Waals surface area contributed by atoms with Crippen molar-refractivity contribution in [2.75, 3.05) is 6.61 Å². The molecule has 1 heterocycles. The number of hydrogen-bond donors (Lipinski definition) is 2. The Bertz CT molecular complexity index is 502. The van der Waals surface area contributed by atoms with Crippen molar-refractivity contribution in [1.82, 2.24) is 15.6 Å². The summed E-state index contributed by atoms with van der Waals surface area (Å²) in [6.45, 7) is 2.93. The highest BCUT2D eigenvalue weighted by atomic mass is 35.5. The number of nitrogens with one attached hydrogen (secondary N) is 2. The van der Waals surface area contributed by atoms with E-state index in [2.05, 4.69) is 10.3 Å². The number of ether oxygens (including phenoxy) is 1. The molecule has 1 rings (SSSR count). The minimum absolute atomic E-state index is 0.106. The van der Waals surface area contributed by atoms with Crippen LogP contribution in [0.15, 0.2) is 18.3 Å². The van der Waals surface area contributed by atoms with Gasteiger partial charge in [-0.1, -0.05) is 11.6 Å². The normalized spacial score (nSPS) is 10.0. The van der Waals surface area contributed by atoms with Crippen LogP contribution < -0.4 is 10.6 Å². The van der Waals surface area contributed by atoms with Crippen molar-refractivity contribution in [2.24, 2.45) is 0 Å². The molecule has 2 N–H and O–H groups in total. The molecular weight excluding hydrogens is 286 g/mol. The number of nitrogens with zero attached hydrogens (tertiary/aromatic N) is 1. The summed E-state index contributed by atoms with van der Waals surface area (Å²) in [7, 11) is 0. The number of halogens is 1. The highest BCUT2D eigenvalue weighted by Crippen LogP contribution is 2.06. The summed E-state index contributed by atoms with van der Waals surface area (Å²) in [4.78, 5) is 37.8. The first-order valence-electron chi connectivity index (χ1n) is 5.77. The Balaban J connectivity index is 2.39. The van der Waals surface area contributed by atoms with Crippen molar-refractivity contribution >= 4 is 29.5 Å². The number of rotatable bonds is 4. The predicted octanol–water partition coefficient (Wildman–Crippen LogP) is 1.13. The van der Waals surface area contributed by atoms with Gasteiger partial charge in [0.2, 0.25) is 0 Å². The fourth-order valence-corrected chi connectivity index (χ4v) is 1.28. The Morgan fingerprint density at radius 1 is 1.35 bits per heavy atom. The van der Waals surface area contributed by atoms with Crippen molar-refractivity contribution in [3.8, 4) is 0 Å². The van der Waals surface area contributed by atoms with E-state index in [-0.39, 0.29) is 16.8 Å². The largest absolute Gasteiger partial charge is 0.452 e. The molecule has 108 valence electrons. The minimum Gasteiger partial charge on any atom is -0.452 e. The molecule has 0 aliphatic rings. The average molecular weight is 300 g/mol. The smallest absolute Gasteiger partial charge is 0.340 e. The first-order chi connectivity index (χ1) is 9.38. The average Bonchev–Trinajstić information content (AvgIpc) is 2.35. The zero-order chi connectivity index (χ0) is 15.1. The molecule has 0 aliphatic carbocycles. The van der Waals surface area contributed by atoms with Crippen LogP contribution in [0.25, 0.3) is 0 Å². The van der Waals surface area contributed by atoms with E-state index in [4.69, 9.17) is 16.3 Å². The van der Waals surface area contributed by atoms with E-state index in [9.17, 15) is 14.4 Å². The molecule has 8 heteroatoms. The monoisotopic (exact) mass is 299 g/mol.